The number of benzene rings is 2. The number of rotatable bonds is 4. The number of hydrogen-bond donors (Lipinski definition) is 0. The summed E-state index contributed by atoms with van der Waals surface area (Å²) in [5.41, 5.74) is 4.09. The van der Waals surface area contributed by atoms with Gasteiger partial charge in [0.1, 0.15) is 11.4 Å². The Labute approximate surface area is 194 Å². The Balaban J connectivity index is 0.000000488. The first kappa shape index (κ1) is 28.7. The van der Waals surface area contributed by atoms with Gasteiger partial charge in [-0.05, 0) is 13.8 Å². The van der Waals surface area contributed by atoms with E-state index in [0.29, 0.717) is 0 Å². The van der Waals surface area contributed by atoms with Gasteiger partial charge in [-0.1, -0.05) is 113 Å². The third kappa shape index (κ3) is 9.69. The summed E-state index contributed by atoms with van der Waals surface area (Å²) in [4.78, 5) is 0. The normalized spacial score (nSPS) is 8.88. The molecule has 2 aromatic carbocycles. The molecule has 32 heavy (non-hydrogen) atoms. The van der Waals surface area contributed by atoms with Gasteiger partial charge >= 0.3 is 0 Å². The van der Waals surface area contributed by atoms with E-state index in [1.165, 1.54) is 0 Å². The highest BCUT2D eigenvalue weighted by atomic mass is 15.4. The Morgan fingerprint density at radius 3 is 1.09 bits per heavy atom. The standard InChI is InChI=1S/2C10H11N3.3C2H6/c2*1-2-13-8-10(11-12-13)9-6-4-3-5-7-9;3*1-2/h2*3-8H,2H2,1H3;3*1-2H3. The maximum atomic E-state index is 4.07. The van der Waals surface area contributed by atoms with Crippen molar-refractivity contribution in [3.8, 4) is 22.5 Å². The lowest BCUT2D eigenvalue weighted by Crippen LogP contribution is -1.93. The van der Waals surface area contributed by atoms with Crippen molar-refractivity contribution in [2.24, 2.45) is 0 Å². The summed E-state index contributed by atoms with van der Waals surface area (Å²) in [6.45, 7) is 17.8. The Hall–Kier alpha value is -3.28. The number of aryl methyl sites for hydroxylation is 2. The summed E-state index contributed by atoms with van der Waals surface area (Å²) < 4.78 is 3.64. The van der Waals surface area contributed by atoms with Gasteiger partial charge in [-0.25, -0.2) is 0 Å². The molecule has 0 spiro atoms. The van der Waals surface area contributed by atoms with Crippen LogP contribution >= 0.6 is 0 Å². The van der Waals surface area contributed by atoms with Gasteiger partial charge in [0.05, 0.1) is 12.4 Å². The molecule has 0 atom stereocenters. The minimum atomic E-state index is 0.861. The van der Waals surface area contributed by atoms with Gasteiger partial charge < -0.3 is 0 Å². The first-order chi connectivity index (χ1) is 15.8. The van der Waals surface area contributed by atoms with Gasteiger partial charge in [-0.3, -0.25) is 9.36 Å². The molecule has 0 fully saturated rings. The lowest BCUT2D eigenvalue weighted by Gasteiger charge is -1.92. The second-order valence-electron chi connectivity index (χ2n) is 5.65. The highest BCUT2D eigenvalue weighted by Gasteiger charge is 2.01. The predicted molar refractivity (Wildman–Crippen MR) is 136 cm³/mol. The van der Waals surface area contributed by atoms with Crippen LogP contribution in [0.25, 0.3) is 22.5 Å². The van der Waals surface area contributed by atoms with E-state index in [1.54, 1.807) is 0 Å². The van der Waals surface area contributed by atoms with Gasteiger partial charge in [0.25, 0.3) is 0 Å². The van der Waals surface area contributed by atoms with E-state index < -0.39 is 0 Å². The average molecular weight is 437 g/mol. The molecule has 4 aromatic rings. The largest absolute Gasteiger partial charge is 0.252 e. The van der Waals surface area contributed by atoms with Crippen molar-refractivity contribution < 1.29 is 0 Å². The van der Waals surface area contributed by atoms with Crippen LogP contribution in [0.5, 0.6) is 0 Å². The third-order valence-electron chi connectivity index (χ3n) is 3.86. The smallest absolute Gasteiger partial charge is 0.113 e. The summed E-state index contributed by atoms with van der Waals surface area (Å²) >= 11 is 0. The molecular formula is C26H40N6. The molecule has 0 saturated heterocycles. The quantitative estimate of drug-likeness (QED) is 0.345. The lowest BCUT2D eigenvalue weighted by molar-refractivity contribution is 0.627. The molecule has 2 aromatic heterocycles. The molecule has 0 aliphatic rings. The van der Waals surface area contributed by atoms with E-state index in [-0.39, 0.29) is 0 Å². The summed E-state index contributed by atoms with van der Waals surface area (Å²) in [5.74, 6) is 0. The van der Waals surface area contributed by atoms with Gasteiger partial charge in [-0.2, -0.15) is 0 Å². The Bertz CT molecular complexity index is 836. The molecule has 0 aliphatic heterocycles. The van der Waals surface area contributed by atoms with Crippen LogP contribution in [0.4, 0.5) is 0 Å². The summed E-state index contributed by atoms with van der Waals surface area (Å²) in [7, 11) is 0. The molecule has 4 rings (SSSR count). The maximum absolute atomic E-state index is 4.07. The molecular weight excluding hydrogens is 396 g/mol. The molecule has 174 valence electrons. The predicted octanol–water partition coefficient (Wildman–Crippen LogP) is 7.01. The molecule has 2 heterocycles. The summed E-state index contributed by atoms with van der Waals surface area (Å²) in [6, 6.07) is 20.1. The highest BCUT2D eigenvalue weighted by molar-refractivity contribution is 5.57. The van der Waals surface area contributed by atoms with Crippen molar-refractivity contribution in [1.29, 1.82) is 0 Å². The van der Waals surface area contributed by atoms with Crippen LogP contribution < -0.4 is 0 Å². The fourth-order valence-corrected chi connectivity index (χ4v) is 2.39. The van der Waals surface area contributed by atoms with E-state index >= 15 is 0 Å². The number of nitrogens with zero attached hydrogens (tertiary/aromatic N) is 6. The summed E-state index contributed by atoms with van der Waals surface area (Å²) in [5, 5.41) is 16.1. The van der Waals surface area contributed by atoms with E-state index in [1.807, 2.05) is 138 Å². The molecule has 0 radical (unpaired) electrons. The van der Waals surface area contributed by atoms with Gasteiger partial charge in [0, 0.05) is 24.2 Å². The van der Waals surface area contributed by atoms with Crippen LogP contribution in [-0.2, 0) is 13.1 Å². The van der Waals surface area contributed by atoms with Gasteiger partial charge in [0.2, 0.25) is 0 Å². The molecule has 0 bridgehead atoms. The molecule has 0 saturated carbocycles. The van der Waals surface area contributed by atoms with Crippen molar-refractivity contribution in [1.82, 2.24) is 30.0 Å². The fraction of sp³-hybridized carbons (Fsp3) is 0.385. The minimum Gasteiger partial charge on any atom is -0.252 e. The molecule has 0 amide bonds. The van der Waals surface area contributed by atoms with Crippen LogP contribution in [0.1, 0.15) is 55.4 Å². The second-order valence-corrected chi connectivity index (χ2v) is 5.65. The zero-order valence-corrected chi connectivity index (χ0v) is 21.0. The van der Waals surface area contributed by atoms with Crippen molar-refractivity contribution in [3.05, 3.63) is 73.1 Å². The zero-order valence-electron chi connectivity index (χ0n) is 21.0. The second kappa shape index (κ2) is 18.5. The SMILES string of the molecule is CC.CC.CC.CCn1cc(-c2ccccc2)nn1.CCn1cc(-c2ccccc2)nn1. The fourth-order valence-electron chi connectivity index (χ4n) is 2.39. The average Bonchev–Trinajstić information content (AvgIpc) is 3.59. The van der Waals surface area contributed by atoms with E-state index in [2.05, 4.69) is 20.6 Å². The molecule has 0 N–H and O–H groups in total. The van der Waals surface area contributed by atoms with Gasteiger partial charge in [0.15, 0.2) is 0 Å². The Morgan fingerprint density at radius 2 is 0.844 bits per heavy atom. The van der Waals surface area contributed by atoms with Crippen LogP contribution in [0.15, 0.2) is 73.1 Å². The zero-order chi connectivity index (χ0) is 24.2. The van der Waals surface area contributed by atoms with Crippen molar-refractivity contribution >= 4 is 0 Å². The van der Waals surface area contributed by atoms with E-state index in [0.717, 1.165) is 35.6 Å². The molecule has 0 unspecified atom stereocenters. The molecule has 6 heteroatoms. The van der Waals surface area contributed by atoms with Crippen LogP contribution in [0.2, 0.25) is 0 Å². The molecule has 0 aliphatic carbocycles. The third-order valence-corrected chi connectivity index (χ3v) is 3.86. The van der Waals surface area contributed by atoms with Crippen LogP contribution in [-0.4, -0.2) is 30.0 Å². The Morgan fingerprint density at radius 1 is 0.531 bits per heavy atom. The van der Waals surface area contributed by atoms with E-state index in [9.17, 15) is 0 Å². The number of aromatic nitrogens is 6. The van der Waals surface area contributed by atoms with Crippen LogP contribution in [0.3, 0.4) is 0 Å². The first-order valence-corrected chi connectivity index (χ1v) is 11.7. The minimum absolute atomic E-state index is 0.861. The van der Waals surface area contributed by atoms with E-state index in [4.69, 9.17) is 0 Å². The topological polar surface area (TPSA) is 61.4 Å². The maximum Gasteiger partial charge on any atom is 0.113 e. The highest BCUT2D eigenvalue weighted by Crippen LogP contribution is 2.15. The van der Waals surface area contributed by atoms with Crippen molar-refractivity contribution in [2.75, 3.05) is 0 Å². The van der Waals surface area contributed by atoms with Crippen molar-refractivity contribution in [3.63, 3.8) is 0 Å². The van der Waals surface area contributed by atoms with Crippen molar-refractivity contribution in [2.45, 2.75) is 68.5 Å². The lowest BCUT2D eigenvalue weighted by atomic mass is 10.2. The number of hydrogen-bond acceptors (Lipinski definition) is 4. The van der Waals surface area contributed by atoms with Gasteiger partial charge in [-0.15, -0.1) is 10.2 Å². The molecule has 6 nitrogen and oxygen atoms in total. The first-order valence-electron chi connectivity index (χ1n) is 11.7. The summed E-state index contributed by atoms with van der Waals surface area (Å²) in [6.07, 6.45) is 3.91. The monoisotopic (exact) mass is 436 g/mol. The van der Waals surface area contributed by atoms with Crippen LogP contribution in [0, 0.1) is 0 Å². The Kier molecular flexibility index (Phi) is 16.6.